The van der Waals surface area contributed by atoms with Crippen LogP contribution in [0.3, 0.4) is 0 Å². The van der Waals surface area contributed by atoms with Crippen LogP contribution < -0.4 is 15.0 Å². The van der Waals surface area contributed by atoms with Gasteiger partial charge in [0.25, 0.3) is 0 Å². The van der Waals surface area contributed by atoms with E-state index in [2.05, 4.69) is 20.4 Å². The van der Waals surface area contributed by atoms with E-state index in [0.717, 1.165) is 80.7 Å². The van der Waals surface area contributed by atoms with Crippen LogP contribution in [0.25, 0.3) is 11.3 Å². The van der Waals surface area contributed by atoms with Gasteiger partial charge in [-0.1, -0.05) is 11.2 Å². The normalized spacial score (nSPS) is 20.6. The lowest BCUT2D eigenvalue weighted by Gasteiger charge is -2.37. The van der Waals surface area contributed by atoms with Crippen LogP contribution in [0.1, 0.15) is 18.5 Å². The van der Waals surface area contributed by atoms with Gasteiger partial charge >= 0.3 is 0 Å². The van der Waals surface area contributed by atoms with Crippen LogP contribution in [0.15, 0.2) is 59.3 Å². The summed E-state index contributed by atoms with van der Waals surface area (Å²) in [6.07, 6.45) is 4.23. The van der Waals surface area contributed by atoms with Crippen LogP contribution >= 0.6 is 0 Å². The number of hydrogen-bond donors (Lipinski definition) is 1. The lowest BCUT2D eigenvalue weighted by molar-refractivity contribution is -0.133. The standard InChI is InChI=1S/C27H33N5O3/c1-34-24-7-5-20(6-8-24)25-18-23(30-35-25)16-22-19-28-11-9-21(22)17-27(33)32-14-12-31(13-15-32)26-4-2-3-10-29-26/h2-8,10,18,21-22,28H,9,11-17,19H2,1H3/t21-,22-/m0/s1. The van der Waals surface area contributed by atoms with Gasteiger partial charge in [0.15, 0.2) is 5.76 Å². The molecule has 4 heterocycles. The molecule has 0 saturated carbocycles. The topological polar surface area (TPSA) is 83.7 Å². The fourth-order valence-corrected chi connectivity index (χ4v) is 5.13. The Hall–Kier alpha value is -3.39. The first-order chi connectivity index (χ1) is 17.2. The third kappa shape index (κ3) is 5.65. The molecule has 0 unspecified atom stereocenters. The Balaban J connectivity index is 1.16. The lowest BCUT2D eigenvalue weighted by atomic mass is 9.81. The summed E-state index contributed by atoms with van der Waals surface area (Å²) in [5.41, 5.74) is 1.91. The predicted octanol–water partition coefficient (Wildman–Crippen LogP) is 3.25. The number of pyridine rings is 1. The molecule has 1 aromatic carbocycles. The zero-order valence-corrected chi connectivity index (χ0v) is 20.2. The van der Waals surface area contributed by atoms with Gasteiger partial charge in [-0.25, -0.2) is 4.98 Å². The molecule has 5 rings (SSSR count). The minimum atomic E-state index is 0.265. The molecule has 2 aliphatic rings. The largest absolute Gasteiger partial charge is 0.497 e. The smallest absolute Gasteiger partial charge is 0.222 e. The Labute approximate surface area is 206 Å². The highest BCUT2D eigenvalue weighted by Gasteiger charge is 2.31. The second-order valence-electron chi connectivity index (χ2n) is 9.39. The van der Waals surface area contributed by atoms with Crippen molar-refractivity contribution in [2.45, 2.75) is 19.3 Å². The zero-order chi connectivity index (χ0) is 24.0. The van der Waals surface area contributed by atoms with Crippen LogP contribution in [-0.2, 0) is 11.2 Å². The summed E-state index contributed by atoms with van der Waals surface area (Å²) in [6, 6.07) is 15.8. The van der Waals surface area contributed by atoms with Crippen LogP contribution in [-0.4, -0.2) is 67.3 Å². The van der Waals surface area contributed by atoms with E-state index >= 15 is 0 Å². The van der Waals surface area contributed by atoms with Crippen molar-refractivity contribution in [2.75, 3.05) is 51.3 Å². The third-order valence-corrected chi connectivity index (χ3v) is 7.21. The molecule has 35 heavy (non-hydrogen) atoms. The molecule has 8 heteroatoms. The van der Waals surface area contributed by atoms with Gasteiger partial charge in [0.1, 0.15) is 11.6 Å². The molecule has 2 aromatic heterocycles. The van der Waals surface area contributed by atoms with Gasteiger partial charge in [-0.15, -0.1) is 0 Å². The first kappa shape index (κ1) is 23.4. The molecule has 2 aliphatic heterocycles. The number of anilines is 1. The van der Waals surface area contributed by atoms with Crippen molar-refractivity contribution in [1.29, 1.82) is 0 Å². The van der Waals surface area contributed by atoms with Crippen molar-refractivity contribution < 1.29 is 14.1 Å². The van der Waals surface area contributed by atoms with Crippen LogP contribution in [0, 0.1) is 11.8 Å². The van der Waals surface area contributed by atoms with Crippen LogP contribution in [0.4, 0.5) is 5.82 Å². The lowest BCUT2D eigenvalue weighted by Crippen LogP contribution is -2.50. The molecule has 0 aliphatic carbocycles. The fraction of sp³-hybridized carbons (Fsp3) is 0.444. The van der Waals surface area contributed by atoms with E-state index in [1.54, 1.807) is 7.11 Å². The van der Waals surface area contributed by atoms with Crippen molar-refractivity contribution in [3.63, 3.8) is 0 Å². The number of methoxy groups -OCH3 is 1. The van der Waals surface area contributed by atoms with E-state index in [-0.39, 0.29) is 5.91 Å². The Bertz CT molecular complexity index is 1090. The molecular formula is C27H33N5O3. The van der Waals surface area contributed by atoms with Gasteiger partial charge in [0.2, 0.25) is 5.91 Å². The summed E-state index contributed by atoms with van der Waals surface area (Å²) in [7, 11) is 1.66. The summed E-state index contributed by atoms with van der Waals surface area (Å²) in [6.45, 7) is 5.00. The Kier molecular flexibility index (Phi) is 7.28. The summed E-state index contributed by atoms with van der Waals surface area (Å²) in [5, 5.41) is 7.83. The minimum Gasteiger partial charge on any atom is -0.497 e. The van der Waals surface area contributed by atoms with Crippen molar-refractivity contribution in [3.8, 4) is 17.1 Å². The average Bonchev–Trinajstić information content (AvgIpc) is 3.39. The Morgan fingerprint density at radius 1 is 1.11 bits per heavy atom. The highest BCUT2D eigenvalue weighted by atomic mass is 16.5. The van der Waals surface area contributed by atoms with E-state index in [1.807, 2.05) is 59.6 Å². The van der Waals surface area contributed by atoms with E-state index in [1.165, 1.54) is 0 Å². The Morgan fingerprint density at radius 3 is 2.69 bits per heavy atom. The van der Waals surface area contributed by atoms with E-state index in [0.29, 0.717) is 18.3 Å². The van der Waals surface area contributed by atoms with Gasteiger partial charge in [-0.3, -0.25) is 4.79 Å². The van der Waals surface area contributed by atoms with E-state index < -0.39 is 0 Å². The van der Waals surface area contributed by atoms with E-state index in [4.69, 9.17) is 9.26 Å². The van der Waals surface area contributed by atoms with Gasteiger partial charge in [0.05, 0.1) is 12.8 Å². The molecule has 184 valence electrons. The number of carbonyl (C=O) groups excluding carboxylic acids is 1. The summed E-state index contributed by atoms with van der Waals surface area (Å²) >= 11 is 0. The molecule has 1 N–H and O–H groups in total. The highest BCUT2D eigenvalue weighted by molar-refractivity contribution is 5.77. The van der Waals surface area contributed by atoms with Crippen LogP contribution in [0.5, 0.6) is 5.75 Å². The van der Waals surface area contributed by atoms with Gasteiger partial charge < -0.3 is 24.4 Å². The number of piperidine rings is 1. The number of nitrogens with one attached hydrogen (secondary N) is 1. The number of carbonyl (C=O) groups is 1. The van der Waals surface area contributed by atoms with Crippen molar-refractivity contribution >= 4 is 11.7 Å². The number of hydrogen-bond acceptors (Lipinski definition) is 7. The molecule has 0 radical (unpaired) electrons. The maximum Gasteiger partial charge on any atom is 0.222 e. The molecule has 2 fully saturated rings. The molecule has 8 nitrogen and oxygen atoms in total. The minimum absolute atomic E-state index is 0.265. The van der Waals surface area contributed by atoms with Gasteiger partial charge in [-0.05, 0) is 74.2 Å². The quantitative estimate of drug-likeness (QED) is 0.562. The average molecular weight is 476 g/mol. The number of piperazine rings is 1. The number of benzene rings is 1. The van der Waals surface area contributed by atoms with Crippen molar-refractivity contribution in [1.82, 2.24) is 20.4 Å². The number of amides is 1. The molecule has 2 atom stereocenters. The monoisotopic (exact) mass is 475 g/mol. The SMILES string of the molecule is COc1ccc(-c2cc(C[C@H]3CNCC[C@H]3CC(=O)N3CCN(c4ccccn4)CC3)no2)cc1. The zero-order valence-electron chi connectivity index (χ0n) is 20.2. The second-order valence-corrected chi connectivity index (χ2v) is 9.39. The molecule has 2 saturated heterocycles. The van der Waals surface area contributed by atoms with Crippen molar-refractivity contribution in [2.24, 2.45) is 11.8 Å². The number of nitrogens with zero attached hydrogens (tertiary/aromatic N) is 4. The van der Waals surface area contributed by atoms with Crippen LogP contribution in [0.2, 0.25) is 0 Å². The second kappa shape index (κ2) is 10.9. The summed E-state index contributed by atoms with van der Waals surface area (Å²) < 4.78 is 10.9. The first-order valence-corrected chi connectivity index (χ1v) is 12.4. The van der Waals surface area contributed by atoms with Gasteiger partial charge in [0, 0.05) is 50.4 Å². The van der Waals surface area contributed by atoms with Gasteiger partial charge in [-0.2, -0.15) is 0 Å². The number of rotatable bonds is 7. The molecular weight excluding hydrogens is 442 g/mol. The highest BCUT2D eigenvalue weighted by Crippen LogP contribution is 2.29. The molecule has 0 bridgehead atoms. The predicted molar refractivity (Wildman–Crippen MR) is 134 cm³/mol. The molecule has 1 amide bonds. The van der Waals surface area contributed by atoms with E-state index in [9.17, 15) is 4.79 Å². The maximum absolute atomic E-state index is 13.2. The Morgan fingerprint density at radius 2 is 1.94 bits per heavy atom. The first-order valence-electron chi connectivity index (χ1n) is 12.4. The summed E-state index contributed by atoms with van der Waals surface area (Å²) in [5.74, 6) is 3.52. The maximum atomic E-state index is 13.2. The summed E-state index contributed by atoms with van der Waals surface area (Å²) in [4.78, 5) is 21.9. The molecule has 3 aromatic rings. The number of ether oxygens (including phenoxy) is 1. The number of aromatic nitrogens is 2. The third-order valence-electron chi connectivity index (χ3n) is 7.21. The molecule has 0 spiro atoms. The fourth-order valence-electron chi connectivity index (χ4n) is 5.13. The van der Waals surface area contributed by atoms with Crippen molar-refractivity contribution in [3.05, 3.63) is 60.4 Å².